The normalized spacial score (nSPS) is 12.6. The van der Waals surface area contributed by atoms with Crippen molar-refractivity contribution in [3.63, 3.8) is 0 Å². The molecule has 0 unspecified atom stereocenters. The third-order valence-corrected chi connectivity index (χ3v) is 2.38. The fraction of sp³-hybridized carbons (Fsp3) is 0.111. The first-order valence-corrected chi connectivity index (χ1v) is 4.25. The van der Waals surface area contributed by atoms with Crippen LogP contribution in [0.3, 0.4) is 0 Å². The minimum Gasteiger partial charge on any atom is -0.147 e. The van der Waals surface area contributed by atoms with Gasteiger partial charge in [-0.3, -0.25) is 0 Å². The number of hydrogen-bond donors (Lipinski definition) is 2. The highest BCUT2D eigenvalue weighted by atomic mass is 32.1. The summed E-state index contributed by atoms with van der Waals surface area (Å²) >= 11 is 8.53. The largest absolute Gasteiger partial charge is 0.147 e. The Morgan fingerprint density at radius 3 is 2.09 bits per heavy atom. The first-order chi connectivity index (χ1) is 5.22. The van der Waals surface area contributed by atoms with E-state index in [4.69, 9.17) is 0 Å². The predicted molar refractivity (Wildman–Crippen MR) is 57.0 cm³/mol. The van der Waals surface area contributed by atoms with Gasteiger partial charge in [0.05, 0.1) is 0 Å². The van der Waals surface area contributed by atoms with Gasteiger partial charge < -0.3 is 0 Å². The maximum atomic E-state index is 4.32. The molecule has 0 saturated heterocycles. The Kier molecular flexibility index (Phi) is 3.09. The molecule has 0 aromatic heterocycles. The topological polar surface area (TPSA) is 0 Å². The van der Waals surface area contributed by atoms with Crippen LogP contribution in [0, 0.1) is 0 Å². The lowest BCUT2D eigenvalue weighted by molar-refractivity contribution is 1.62. The fourth-order valence-corrected chi connectivity index (χ4v) is 1.08. The van der Waals surface area contributed by atoms with Gasteiger partial charge in [0.25, 0.3) is 0 Å². The van der Waals surface area contributed by atoms with E-state index < -0.39 is 0 Å². The van der Waals surface area contributed by atoms with Crippen LogP contribution in [-0.4, -0.2) is 0 Å². The van der Waals surface area contributed by atoms with Crippen molar-refractivity contribution in [2.45, 2.75) is 6.92 Å². The molecule has 0 saturated carbocycles. The maximum Gasteiger partial charge on any atom is 0.0203 e. The predicted octanol–water partition coefficient (Wildman–Crippen LogP) is 3.23. The van der Waals surface area contributed by atoms with E-state index in [2.05, 4.69) is 25.3 Å². The van der Waals surface area contributed by atoms with E-state index in [0.717, 1.165) is 15.4 Å². The Labute approximate surface area is 78.1 Å². The molecule has 0 aliphatic rings. The third kappa shape index (κ3) is 2.31. The van der Waals surface area contributed by atoms with E-state index in [-0.39, 0.29) is 0 Å². The maximum absolute atomic E-state index is 4.32. The SMILES string of the molecule is C/C(S)=C(/S)c1ccccc1. The van der Waals surface area contributed by atoms with Gasteiger partial charge in [0, 0.05) is 4.91 Å². The second-order valence-corrected chi connectivity index (χ2v) is 3.42. The zero-order valence-corrected chi connectivity index (χ0v) is 8.07. The molecule has 1 aromatic carbocycles. The Hall–Kier alpha value is -0.340. The zero-order chi connectivity index (χ0) is 8.27. The first kappa shape index (κ1) is 8.75. The average Bonchev–Trinajstić information content (AvgIpc) is 2.05. The first-order valence-electron chi connectivity index (χ1n) is 3.36. The summed E-state index contributed by atoms with van der Waals surface area (Å²) in [6, 6.07) is 9.99. The molecule has 0 fully saturated rings. The molecule has 0 aliphatic carbocycles. The molecule has 58 valence electrons. The smallest absolute Gasteiger partial charge is 0.0203 e. The molecular weight excluding hydrogens is 172 g/mol. The lowest BCUT2D eigenvalue weighted by Crippen LogP contribution is -1.76. The van der Waals surface area contributed by atoms with Gasteiger partial charge >= 0.3 is 0 Å². The molecule has 0 N–H and O–H groups in total. The van der Waals surface area contributed by atoms with Gasteiger partial charge in [-0.1, -0.05) is 30.3 Å². The zero-order valence-electron chi connectivity index (χ0n) is 6.28. The van der Waals surface area contributed by atoms with Gasteiger partial charge in [-0.2, -0.15) is 0 Å². The highest BCUT2D eigenvalue weighted by Crippen LogP contribution is 2.23. The van der Waals surface area contributed by atoms with Crippen molar-refractivity contribution in [2.24, 2.45) is 0 Å². The van der Waals surface area contributed by atoms with Crippen LogP contribution in [0.2, 0.25) is 0 Å². The summed E-state index contributed by atoms with van der Waals surface area (Å²) in [4.78, 5) is 1.88. The van der Waals surface area contributed by atoms with Crippen LogP contribution in [0.25, 0.3) is 4.91 Å². The van der Waals surface area contributed by atoms with E-state index in [1.165, 1.54) is 0 Å². The second kappa shape index (κ2) is 3.88. The summed E-state index contributed by atoms with van der Waals surface area (Å²) in [6.45, 7) is 1.93. The van der Waals surface area contributed by atoms with E-state index in [9.17, 15) is 0 Å². The lowest BCUT2D eigenvalue weighted by atomic mass is 10.2. The molecule has 0 spiro atoms. The number of allylic oxidation sites excluding steroid dienone is 1. The van der Waals surface area contributed by atoms with Crippen LogP contribution < -0.4 is 0 Å². The Balaban J connectivity index is 3.04. The van der Waals surface area contributed by atoms with Crippen LogP contribution in [0.5, 0.6) is 0 Å². The van der Waals surface area contributed by atoms with Crippen molar-refractivity contribution >= 4 is 30.2 Å². The Morgan fingerprint density at radius 1 is 1.09 bits per heavy atom. The molecule has 0 aliphatic heterocycles. The highest BCUT2D eigenvalue weighted by Gasteiger charge is 1.95. The van der Waals surface area contributed by atoms with E-state index in [1.54, 1.807) is 0 Å². The van der Waals surface area contributed by atoms with Crippen LogP contribution in [0.1, 0.15) is 12.5 Å². The van der Waals surface area contributed by atoms with Crippen LogP contribution in [0.15, 0.2) is 35.2 Å². The van der Waals surface area contributed by atoms with E-state index >= 15 is 0 Å². The summed E-state index contributed by atoms with van der Waals surface area (Å²) in [6.07, 6.45) is 0. The molecule has 0 radical (unpaired) electrons. The third-order valence-electron chi connectivity index (χ3n) is 1.39. The molecular formula is C9H10S2. The van der Waals surface area contributed by atoms with Crippen molar-refractivity contribution in [2.75, 3.05) is 0 Å². The molecule has 0 amide bonds. The van der Waals surface area contributed by atoms with Gasteiger partial charge in [0.2, 0.25) is 0 Å². The standard InChI is InChI=1S/C9H10S2/c1-7(10)9(11)8-5-3-2-4-6-8/h2-6,10-11H,1H3/b9-7-. The number of rotatable bonds is 1. The molecule has 0 heterocycles. The molecule has 0 bridgehead atoms. The van der Waals surface area contributed by atoms with Crippen LogP contribution in [-0.2, 0) is 0 Å². The molecule has 1 aromatic rings. The number of benzene rings is 1. The quantitative estimate of drug-likeness (QED) is 0.612. The summed E-state index contributed by atoms with van der Waals surface area (Å²) in [5.74, 6) is 0. The Bertz CT molecular complexity index is 258. The second-order valence-electron chi connectivity index (χ2n) is 2.30. The van der Waals surface area contributed by atoms with Gasteiger partial charge in [-0.25, -0.2) is 0 Å². The van der Waals surface area contributed by atoms with E-state index in [0.29, 0.717) is 0 Å². The summed E-state index contributed by atoms with van der Waals surface area (Å²) in [5.41, 5.74) is 1.11. The Morgan fingerprint density at radius 2 is 1.64 bits per heavy atom. The molecule has 11 heavy (non-hydrogen) atoms. The lowest BCUT2D eigenvalue weighted by Gasteiger charge is -2.00. The van der Waals surface area contributed by atoms with Crippen molar-refractivity contribution in [1.29, 1.82) is 0 Å². The molecule has 2 heteroatoms. The van der Waals surface area contributed by atoms with Gasteiger partial charge in [-0.05, 0) is 17.4 Å². The molecule has 0 atom stereocenters. The van der Waals surface area contributed by atoms with Gasteiger partial charge in [0.1, 0.15) is 0 Å². The molecule has 1 rings (SSSR count). The summed E-state index contributed by atoms with van der Waals surface area (Å²) < 4.78 is 0. The van der Waals surface area contributed by atoms with E-state index in [1.807, 2.05) is 37.3 Å². The number of hydrogen-bond acceptors (Lipinski definition) is 2. The van der Waals surface area contributed by atoms with Gasteiger partial charge in [-0.15, -0.1) is 25.3 Å². The highest BCUT2D eigenvalue weighted by molar-refractivity contribution is 7.93. The number of thiol groups is 2. The monoisotopic (exact) mass is 182 g/mol. The van der Waals surface area contributed by atoms with Crippen LogP contribution in [0.4, 0.5) is 0 Å². The fourth-order valence-electron chi connectivity index (χ4n) is 0.805. The van der Waals surface area contributed by atoms with Crippen molar-refractivity contribution in [3.8, 4) is 0 Å². The molecule has 0 nitrogen and oxygen atoms in total. The average molecular weight is 182 g/mol. The van der Waals surface area contributed by atoms with Crippen molar-refractivity contribution in [1.82, 2.24) is 0 Å². The summed E-state index contributed by atoms with van der Waals surface area (Å²) in [7, 11) is 0. The van der Waals surface area contributed by atoms with Crippen LogP contribution >= 0.6 is 25.3 Å². The minimum absolute atomic E-state index is 0.939. The van der Waals surface area contributed by atoms with Gasteiger partial charge in [0.15, 0.2) is 0 Å². The van der Waals surface area contributed by atoms with Crippen molar-refractivity contribution in [3.05, 3.63) is 40.8 Å². The van der Waals surface area contributed by atoms with Crippen molar-refractivity contribution < 1.29 is 0 Å². The summed E-state index contributed by atoms with van der Waals surface area (Å²) in [5, 5.41) is 0. The minimum atomic E-state index is 0.939.